The fraction of sp³-hybridized carbons (Fsp3) is 0.133. The summed E-state index contributed by atoms with van der Waals surface area (Å²) in [5.74, 6) is 0.425. The number of ether oxygens (including phenoxy) is 1. The molecule has 0 radical (unpaired) electrons. The van der Waals surface area contributed by atoms with E-state index in [9.17, 15) is 4.79 Å². The van der Waals surface area contributed by atoms with Gasteiger partial charge in [0.2, 0.25) is 5.91 Å². The van der Waals surface area contributed by atoms with Crippen molar-refractivity contribution in [3.05, 3.63) is 52.5 Å². The Morgan fingerprint density at radius 3 is 2.62 bits per heavy atom. The van der Waals surface area contributed by atoms with E-state index < -0.39 is 0 Å². The Morgan fingerprint density at radius 1 is 1.14 bits per heavy atom. The third-order valence-electron chi connectivity index (χ3n) is 2.71. The highest BCUT2D eigenvalue weighted by Crippen LogP contribution is 2.27. The summed E-state index contributed by atoms with van der Waals surface area (Å²) in [6, 6.07) is 12.1. The zero-order valence-electron chi connectivity index (χ0n) is 11.3. The third-order valence-corrected chi connectivity index (χ3v) is 3.18. The van der Waals surface area contributed by atoms with Crippen LogP contribution in [-0.4, -0.2) is 19.6 Å². The summed E-state index contributed by atoms with van der Waals surface area (Å²) >= 11 is 11.8. The molecule has 0 fully saturated rings. The lowest BCUT2D eigenvalue weighted by molar-refractivity contribution is -0.114. The summed E-state index contributed by atoms with van der Waals surface area (Å²) in [5, 5.41) is 6.86. The van der Waals surface area contributed by atoms with E-state index >= 15 is 0 Å². The summed E-state index contributed by atoms with van der Waals surface area (Å²) in [4.78, 5) is 11.9. The molecule has 0 aliphatic carbocycles. The van der Waals surface area contributed by atoms with Gasteiger partial charge in [-0.1, -0.05) is 29.3 Å². The summed E-state index contributed by atoms with van der Waals surface area (Å²) in [6.45, 7) is 0.0865. The van der Waals surface area contributed by atoms with Crippen LogP contribution in [0, 0.1) is 0 Å². The van der Waals surface area contributed by atoms with Crippen molar-refractivity contribution in [3.8, 4) is 5.75 Å². The van der Waals surface area contributed by atoms with Crippen LogP contribution in [0.2, 0.25) is 10.0 Å². The number of benzene rings is 2. The molecule has 0 aliphatic heterocycles. The van der Waals surface area contributed by atoms with Crippen molar-refractivity contribution < 1.29 is 9.53 Å². The maximum Gasteiger partial charge on any atom is 0.243 e. The molecule has 2 N–H and O–H groups in total. The molecule has 0 aliphatic rings. The van der Waals surface area contributed by atoms with E-state index in [0.29, 0.717) is 27.2 Å². The molecule has 0 saturated heterocycles. The Balaban J connectivity index is 1.96. The van der Waals surface area contributed by atoms with Crippen LogP contribution >= 0.6 is 23.2 Å². The highest BCUT2D eigenvalue weighted by atomic mass is 35.5. The minimum atomic E-state index is -0.195. The Hall–Kier alpha value is -1.91. The molecule has 0 aromatic heterocycles. The van der Waals surface area contributed by atoms with Crippen LogP contribution in [0.15, 0.2) is 42.5 Å². The van der Waals surface area contributed by atoms with E-state index in [2.05, 4.69) is 10.6 Å². The van der Waals surface area contributed by atoms with E-state index in [0.717, 1.165) is 0 Å². The molecule has 21 heavy (non-hydrogen) atoms. The Morgan fingerprint density at radius 2 is 1.90 bits per heavy atom. The molecule has 2 aromatic carbocycles. The first-order valence-electron chi connectivity index (χ1n) is 6.21. The molecule has 0 unspecified atom stereocenters. The van der Waals surface area contributed by atoms with Gasteiger partial charge in [-0.15, -0.1) is 0 Å². The maximum atomic E-state index is 11.9. The molecular weight excluding hydrogens is 311 g/mol. The molecular formula is C15H14Cl2N2O2. The van der Waals surface area contributed by atoms with Crippen LogP contribution in [0.3, 0.4) is 0 Å². The predicted molar refractivity (Wildman–Crippen MR) is 86.6 cm³/mol. The van der Waals surface area contributed by atoms with Crippen molar-refractivity contribution in [2.75, 3.05) is 24.3 Å². The predicted octanol–water partition coefficient (Wildman–Crippen LogP) is 4.05. The topological polar surface area (TPSA) is 50.4 Å². The van der Waals surface area contributed by atoms with Gasteiger partial charge >= 0.3 is 0 Å². The second-order valence-electron chi connectivity index (χ2n) is 4.26. The third kappa shape index (κ3) is 4.55. The van der Waals surface area contributed by atoms with E-state index in [1.165, 1.54) is 0 Å². The van der Waals surface area contributed by atoms with Gasteiger partial charge in [0.25, 0.3) is 0 Å². The smallest absolute Gasteiger partial charge is 0.243 e. The lowest BCUT2D eigenvalue weighted by atomic mass is 10.3. The van der Waals surface area contributed by atoms with Gasteiger partial charge in [0.1, 0.15) is 5.75 Å². The monoisotopic (exact) mass is 324 g/mol. The Bertz CT molecular complexity index is 647. The molecule has 0 bridgehead atoms. The summed E-state index contributed by atoms with van der Waals surface area (Å²) < 4.78 is 5.20. The van der Waals surface area contributed by atoms with Crippen LogP contribution in [0.4, 0.5) is 11.4 Å². The lowest BCUT2D eigenvalue weighted by Gasteiger charge is -2.11. The molecule has 0 heterocycles. The second kappa shape index (κ2) is 7.20. The average molecular weight is 325 g/mol. The number of halogens is 2. The number of methoxy groups -OCH3 is 1. The minimum absolute atomic E-state index is 0.0865. The number of carbonyl (C=O) groups is 1. The second-order valence-corrected chi connectivity index (χ2v) is 5.13. The fourth-order valence-electron chi connectivity index (χ4n) is 1.77. The SMILES string of the molecule is COc1ccc(Cl)cc1NCC(=O)Nc1cccc(Cl)c1. The van der Waals surface area contributed by atoms with Crippen molar-refractivity contribution >= 4 is 40.5 Å². The minimum Gasteiger partial charge on any atom is -0.495 e. The van der Waals surface area contributed by atoms with Crippen LogP contribution in [0.1, 0.15) is 0 Å². The van der Waals surface area contributed by atoms with E-state index in [4.69, 9.17) is 27.9 Å². The summed E-state index contributed by atoms with van der Waals surface area (Å²) in [7, 11) is 1.56. The van der Waals surface area contributed by atoms with Gasteiger partial charge < -0.3 is 15.4 Å². The van der Waals surface area contributed by atoms with Crippen LogP contribution in [0.25, 0.3) is 0 Å². The number of hydrogen-bond acceptors (Lipinski definition) is 3. The number of nitrogens with one attached hydrogen (secondary N) is 2. The van der Waals surface area contributed by atoms with Crippen LogP contribution in [-0.2, 0) is 4.79 Å². The van der Waals surface area contributed by atoms with Gasteiger partial charge in [-0.3, -0.25) is 4.79 Å². The average Bonchev–Trinajstić information content (AvgIpc) is 2.45. The highest BCUT2D eigenvalue weighted by molar-refractivity contribution is 6.31. The normalized spacial score (nSPS) is 10.0. The molecule has 110 valence electrons. The quantitative estimate of drug-likeness (QED) is 0.872. The lowest BCUT2D eigenvalue weighted by Crippen LogP contribution is -2.21. The molecule has 2 rings (SSSR count). The van der Waals surface area contributed by atoms with Crippen molar-refractivity contribution in [3.63, 3.8) is 0 Å². The number of anilines is 2. The standard InChI is InChI=1S/C15H14Cl2N2O2/c1-21-14-6-5-11(17)8-13(14)18-9-15(20)19-12-4-2-3-10(16)7-12/h2-8,18H,9H2,1H3,(H,19,20). The highest BCUT2D eigenvalue weighted by Gasteiger charge is 2.07. The van der Waals surface area contributed by atoms with Crippen molar-refractivity contribution in [1.82, 2.24) is 0 Å². The summed E-state index contributed by atoms with van der Waals surface area (Å²) in [5.41, 5.74) is 1.30. The molecule has 0 atom stereocenters. The first-order chi connectivity index (χ1) is 10.1. The van der Waals surface area contributed by atoms with Crippen LogP contribution < -0.4 is 15.4 Å². The largest absolute Gasteiger partial charge is 0.495 e. The van der Waals surface area contributed by atoms with Gasteiger partial charge in [-0.2, -0.15) is 0 Å². The first-order valence-corrected chi connectivity index (χ1v) is 6.97. The maximum absolute atomic E-state index is 11.9. The molecule has 0 saturated carbocycles. The van der Waals surface area contributed by atoms with Gasteiger partial charge in [0.05, 0.1) is 19.3 Å². The molecule has 0 spiro atoms. The summed E-state index contributed by atoms with van der Waals surface area (Å²) in [6.07, 6.45) is 0. The zero-order valence-corrected chi connectivity index (χ0v) is 12.8. The number of carbonyl (C=O) groups excluding carboxylic acids is 1. The van der Waals surface area contributed by atoms with Crippen LogP contribution in [0.5, 0.6) is 5.75 Å². The van der Waals surface area contributed by atoms with Gasteiger partial charge in [-0.25, -0.2) is 0 Å². The van der Waals surface area contributed by atoms with Crippen molar-refractivity contribution in [2.45, 2.75) is 0 Å². The Kier molecular flexibility index (Phi) is 5.31. The molecule has 1 amide bonds. The van der Waals surface area contributed by atoms with Crippen molar-refractivity contribution in [1.29, 1.82) is 0 Å². The molecule has 2 aromatic rings. The van der Waals surface area contributed by atoms with E-state index in [1.807, 2.05) is 0 Å². The Labute approximate surface area is 133 Å². The van der Waals surface area contributed by atoms with Crippen molar-refractivity contribution in [2.24, 2.45) is 0 Å². The fourth-order valence-corrected chi connectivity index (χ4v) is 2.13. The van der Waals surface area contributed by atoms with E-state index in [-0.39, 0.29) is 12.5 Å². The molecule has 6 heteroatoms. The van der Waals surface area contributed by atoms with Gasteiger partial charge in [-0.05, 0) is 36.4 Å². The first kappa shape index (κ1) is 15.5. The number of hydrogen-bond donors (Lipinski definition) is 2. The molecule has 4 nitrogen and oxygen atoms in total. The number of rotatable bonds is 5. The number of amides is 1. The van der Waals surface area contributed by atoms with E-state index in [1.54, 1.807) is 49.6 Å². The van der Waals surface area contributed by atoms with Gasteiger partial charge in [0, 0.05) is 15.7 Å². The zero-order chi connectivity index (χ0) is 15.2. The van der Waals surface area contributed by atoms with Gasteiger partial charge in [0.15, 0.2) is 0 Å².